The van der Waals surface area contributed by atoms with Crippen LogP contribution in [0.15, 0.2) is 48.8 Å². The summed E-state index contributed by atoms with van der Waals surface area (Å²) in [4.78, 5) is 8.05. The van der Waals surface area contributed by atoms with E-state index in [2.05, 4.69) is 15.1 Å². The van der Waals surface area contributed by atoms with Crippen LogP contribution in [0.25, 0.3) is 11.4 Å². The topological polar surface area (TPSA) is 78.8 Å². The van der Waals surface area contributed by atoms with Crippen LogP contribution in [0.3, 0.4) is 0 Å². The third-order valence-corrected chi connectivity index (χ3v) is 3.26. The van der Waals surface area contributed by atoms with Gasteiger partial charge in [0.15, 0.2) is 5.82 Å². The van der Waals surface area contributed by atoms with Gasteiger partial charge in [-0.1, -0.05) is 30.3 Å². The van der Waals surface area contributed by atoms with Crippen LogP contribution in [0.1, 0.15) is 5.56 Å². The number of nitrogen functional groups attached to an aromatic ring is 1. The molecule has 0 radical (unpaired) electrons. The summed E-state index contributed by atoms with van der Waals surface area (Å²) in [7, 11) is 0. The normalized spacial score (nSPS) is 11.5. The summed E-state index contributed by atoms with van der Waals surface area (Å²) in [5.41, 5.74) is 6.67. The molecule has 9 heteroatoms. The van der Waals surface area contributed by atoms with Crippen LogP contribution < -0.4 is 10.5 Å². The fourth-order valence-corrected chi connectivity index (χ4v) is 2.19. The number of nitrogens with two attached hydrogens (primary N) is 1. The van der Waals surface area contributed by atoms with Crippen LogP contribution in [0.4, 0.5) is 19.0 Å². The van der Waals surface area contributed by atoms with Gasteiger partial charge in [-0.2, -0.15) is 18.3 Å². The molecule has 0 aliphatic rings. The van der Waals surface area contributed by atoms with Crippen LogP contribution in [-0.2, 0) is 13.2 Å². The van der Waals surface area contributed by atoms with E-state index in [9.17, 15) is 13.2 Å². The highest BCUT2D eigenvalue weighted by Gasteiger charge is 2.31. The Hall–Kier alpha value is -3.10. The Balaban J connectivity index is 1.94. The summed E-state index contributed by atoms with van der Waals surface area (Å²) in [6.07, 6.45) is -1.79. The number of nitrogens with zero attached hydrogens (tertiary/aromatic N) is 4. The van der Waals surface area contributed by atoms with Gasteiger partial charge in [0.1, 0.15) is 24.5 Å². The first-order chi connectivity index (χ1) is 11.9. The zero-order chi connectivity index (χ0) is 17.9. The molecule has 0 spiro atoms. The quantitative estimate of drug-likeness (QED) is 0.766. The number of hydrogen-bond donors (Lipinski definition) is 1. The molecule has 0 amide bonds. The first kappa shape index (κ1) is 16.7. The molecule has 0 atom stereocenters. The van der Waals surface area contributed by atoms with E-state index in [0.717, 1.165) is 10.2 Å². The number of aromatic nitrogens is 4. The van der Waals surface area contributed by atoms with Gasteiger partial charge in [-0.05, 0) is 11.6 Å². The lowest BCUT2D eigenvalue weighted by atomic mass is 10.2. The molecule has 0 saturated carbocycles. The smallest absolute Gasteiger partial charge is 0.408 e. The first-order valence-electron chi connectivity index (χ1n) is 7.30. The summed E-state index contributed by atoms with van der Waals surface area (Å²) in [6, 6.07) is 10.6. The largest absolute Gasteiger partial charge is 0.472 e. The number of rotatable bonds is 5. The van der Waals surface area contributed by atoms with Crippen LogP contribution in [0.5, 0.6) is 5.88 Å². The van der Waals surface area contributed by atoms with Gasteiger partial charge in [0.2, 0.25) is 5.88 Å². The second kappa shape index (κ2) is 6.80. The van der Waals surface area contributed by atoms with Crippen molar-refractivity contribution in [3.63, 3.8) is 0 Å². The third-order valence-electron chi connectivity index (χ3n) is 3.26. The number of anilines is 1. The van der Waals surface area contributed by atoms with E-state index < -0.39 is 12.7 Å². The van der Waals surface area contributed by atoms with Gasteiger partial charge >= 0.3 is 6.18 Å². The van der Waals surface area contributed by atoms with Crippen molar-refractivity contribution in [3.05, 3.63) is 54.4 Å². The molecular formula is C16H14F3N5O. The third kappa shape index (κ3) is 4.25. The van der Waals surface area contributed by atoms with Crippen LogP contribution >= 0.6 is 0 Å². The summed E-state index contributed by atoms with van der Waals surface area (Å²) in [6.45, 7) is -1.20. The van der Waals surface area contributed by atoms with E-state index in [1.54, 1.807) is 12.1 Å². The minimum atomic E-state index is -4.44. The molecule has 0 aliphatic heterocycles. The van der Waals surface area contributed by atoms with Crippen molar-refractivity contribution < 1.29 is 17.9 Å². The highest BCUT2D eigenvalue weighted by molar-refractivity contribution is 5.62. The predicted octanol–water partition coefficient (Wildman–Crippen LogP) is 3.06. The van der Waals surface area contributed by atoms with Gasteiger partial charge in [0.25, 0.3) is 0 Å². The number of hydrogen-bond acceptors (Lipinski definition) is 5. The van der Waals surface area contributed by atoms with E-state index in [0.29, 0.717) is 0 Å². The average Bonchev–Trinajstić information content (AvgIpc) is 2.94. The van der Waals surface area contributed by atoms with E-state index in [-0.39, 0.29) is 29.7 Å². The molecule has 3 aromatic rings. The number of benzene rings is 1. The summed E-state index contributed by atoms with van der Waals surface area (Å²) >= 11 is 0. The zero-order valence-electron chi connectivity index (χ0n) is 12.9. The molecule has 6 nitrogen and oxygen atoms in total. The molecule has 0 saturated heterocycles. The Morgan fingerprint density at radius 2 is 1.88 bits per heavy atom. The lowest BCUT2D eigenvalue weighted by Gasteiger charge is -2.13. The fraction of sp³-hybridized carbons (Fsp3) is 0.188. The molecule has 0 fully saturated rings. The maximum Gasteiger partial charge on any atom is 0.408 e. The lowest BCUT2D eigenvalue weighted by Crippen LogP contribution is -2.19. The van der Waals surface area contributed by atoms with Crippen molar-refractivity contribution >= 4 is 5.82 Å². The van der Waals surface area contributed by atoms with Gasteiger partial charge in [-0.25, -0.2) is 14.6 Å². The zero-order valence-corrected chi connectivity index (χ0v) is 12.9. The maximum atomic E-state index is 12.8. The van der Waals surface area contributed by atoms with E-state index in [1.807, 2.05) is 18.2 Å². The molecule has 3 rings (SSSR count). The average molecular weight is 349 g/mol. The summed E-state index contributed by atoms with van der Waals surface area (Å²) in [5.74, 6) is 0.283. The highest BCUT2D eigenvalue weighted by atomic mass is 19.4. The Labute approximate surface area is 141 Å². The van der Waals surface area contributed by atoms with Gasteiger partial charge < -0.3 is 10.5 Å². The van der Waals surface area contributed by atoms with Crippen molar-refractivity contribution in [1.82, 2.24) is 19.7 Å². The first-order valence-corrected chi connectivity index (χ1v) is 7.30. The van der Waals surface area contributed by atoms with Crippen molar-refractivity contribution in [1.29, 1.82) is 0 Å². The Kier molecular flexibility index (Phi) is 4.55. The van der Waals surface area contributed by atoms with Gasteiger partial charge in [0, 0.05) is 6.20 Å². The Morgan fingerprint density at radius 1 is 1.12 bits per heavy atom. The molecule has 25 heavy (non-hydrogen) atoms. The molecule has 2 aromatic heterocycles. The molecule has 130 valence electrons. The summed E-state index contributed by atoms with van der Waals surface area (Å²) < 4.78 is 44.7. The van der Waals surface area contributed by atoms with Crippen molar-refractivity contribution in [2.75, 3.05) is 5.73 Å². The minimum Gasteiger partial charge on any atom is -0.472 e. The predicted molar refractivity (Wildman–Crippen MR) is 84.5 cm³/mol. The van der Waals surface area contributed by atoms with Crippen LogP contribution in [0, 0.1) is 0 Å². The second-order valence-corrected chi connectivity index (χ2v) is 5.22. The van der Waals surface area contributed by atoms with Crippen LogP contribution in [0.2, 0.25) is 0 Å². The van der Waals surface area contributed by atoms with Crippen molar-refractivity contribution in [2.24, 2.45) is 0 Å². The number of halogens is 3. The fourth-order valence-electron chi connectivity index (χ4n) is 2.19. The SMILES string of the molecule is Nc1ccnc(-c2cnn(CC(F)(F)F)c2OCc2ccccc2)n1. The van der Waals surface area contributed by atoms with Crippen molar-refractivity contribution in [3.8, 4) is 17.3 Å². The molecule has 2 heterocycles. The van der Waals surface area contributed by atoms with Gasteiger partial charge in [-0.15, -0.1) is 0 Å². The number of ether oxygens (including phenoxy) is 1. The van der Waals surface area contributed by atoms with Crippen LogP contribution in [-0.4, -0.2) is 25.9 Å². The highest BCUT2D eigenvalue weighted by Crippen LogP contribution is 2.31. The van der Waals surface area contributed by atoms with E-state index >= 15 is 0 Å². The molecule has 0 unspecified atom stereocenters. The minimum absolute atomic E-state index is 0.0632. The second-order valence-electron chi connectivity index (χ2n) is 5.22. The van der Waals surface area contributed by atoms with Gasteiger partial charge in [0.05, 0.1) is 6.20 Å². The Bertz CT molecular complexity index is 848. The standard InChI is InChI=1S/C16H14F3N5O/c17-16(18,19)10-24-15(25-9-11-4-2-1-3-5-11)12(8-22-24)14-21-7-6-13(20)23-14/h1-8H,9-10H2,(H2,20,21,23). The lowest BCUT2D eigenvalue weighted by molar-refractivity contribution is -0.143. The molecule has 0 aliphatic carbocycles. The van der Waals surface area contributed by atoms with Gasteiger partial charge in [-0.3, -0.25) is 0 Å². The summed E-state index contributed by atoms with van der Waals surface area (Å²) in [5, 5.41) is 3.77. The molecular weight excluding hydrogens is 335 g/mol. The van der Waals surface area contributed by atoms with E-state index in [4.69, 9.17) is 10.5 Å². The molecule has 2 N–H and O–H groups in total. The Morgan fingerprint density at radius 3 is 2.56 bits per heavy atom. The molecule has 0 bridgehead atoms. The maximum absolute atomic E-state index is 12.8. The monoisotopic (exact) mass is 349 g/mol. The molecule has 1 aromatic carbocycles. The van der Waals surface area contributed by atoms with E-state index in [1.165, 1.54) is 18.5 Å². The number of alkyl halides is 3. The van der Waals surface area contributed by atoms with Crippen molar-refractivity contribution in [2.45, 2.75) is 19.3 Å².